The highest BCUT2D eigenvalue weighted by atomic mass is 32.2. The van der Waals surface area contributed by atoms with Crippen molar-refractivity contribution in [3.05, 3.63) is 34.9 Å². The summed E-state index contributed by atoms with van der Waals surface area (Å²) in [5.41, 5.74) is 1.72. The van der Waals surface area contributed by atoms with Crippen molar-refractivity contribution in [1.29, 1.82) is 0 Å². The van der Waals surface area contributed by atoms with Crippen molar-refractivity contribution in [3.8, 4) is 0 Å². The SMILES string of the molecule is CCOC(=O)CCNC(=O)C(c1ccc(C)c(C)c1)N(CCO)C(=O)C(CCSC)NC(=O)OC(C)(C)C. The predicted octanol–water partition coefficient (Wildman–Crippen LogP) is 2.88. The van der Waals surface area contributed by atoms with Crippen molar-refractivity contribution >= 4 is 35.6 Å². The summed E-state index contributed by atoms with van der Waals surface area (Å²) in [6.07, 6.45) is 1.41. The Morgan fingerprint density at radius 1 is 1.13 bits per heavy atom. The van der Waals surface area contributed by atoms with Gasteiger partial charge in [-0.1, -0.05) is 18.2 Å². The van der Waals surface area contributed by atoms with E-state index in [0.29, 0.717) is 17.7 Å². The average molecular weight is 554 g/mol. The van der Waals surface area contributed by atoms with E-state index >= 15 is 0 Å². The number of nitrogens with zero attached hydrogens (tertiary/aromatic N) is 1. The van der Waals surface area contributed by atoms with Crippen molar-refractivity contribution < 1.29 is 33.8 Å². The van der Waals surface area contributed by atoms with Gasteiger partial charge in [0.2, 0.25) is 11.8 Å². The van der Waals surface area contributed by atoms with Gasteiger partial charge < -0.3 is 30.1 Å². The fourth-order valence-corrected chi connectivity index (χ4v) is 4.11. The molecular formula is C27H43N3O7S. The Morgan fingerprint density at radius 3 is 2.37 bits per heavy atom. The highest BCUT2D eigenvalue weighted by molar-refractivity contribution is 7.98. The first-order valence-corrected chi connectivity index (χ1v) is 14.1. The zero-order chi connectivity index (χ0) is 28.9. The number of carbonyl (C=O) groups excluding carboxylic acids is 4. The van der Waals surface area contributed by atoms with Crippen LogP contribution in [0.3, 0.4) is 0 Å². The molecule has 214 valence electrons. The van der Waals surface area contributed by atoms with Crippen LogP contribution in [0.5, 0.6) is 0 Å². The van der Waals surface area contributed by atoms with E-state index in [2.05, 4.69) is 10.6 Å². The van der Waals surface area contributed by atoms with Gasteiger partial charge in [-0.15, -0.1) is 0 Å². The second kappa shape index (κ2) is 16.2. The molecule has 0 fully saturated rings. The van der Waals surface area contributed by atoms with Crippen LogP contribution in [0.25, 0.3) is 0 Å². The fraction of sp³-hybridized carbons (Fsp3) is 0.630. The van der Waals surface area contributed by atoms with E-state index in [0.717, 1.165) is 11.1 Å². The molecule has 38 heavy (non-hydrogen) atoms. The molecule has 3 N–H and O–H groups in total. The Hall–Kier alpha value is -2.79. The molecule has 0 saturated heterocycles. The highest BCUT2D eigenvalue weighted by Gasteiger charge is 2.36. The van der Waals surface area contributed by atoms with Gasteiger partial charge in [0.1, 0.15) is 17.7 Å². The zero-order valence-electron chi connectivity index (χ0n) is 23.6. The number of amides is 3. The molecule has 0 aliphatic rings. The van der Waals surface area contributed by atoms with Gasteiger partial charge in [0, 0.05) is 13.1 Å². The maximum atomic E-state index is 13.9. The number of hydrogen-bond acceptors (Lipinski definition) is 8. The van der Waals surface area contributed by atoms with E-state index in [9.17, 15) is 24.3 Å². The first-order valence-electron chi connectivity index (χ1n) is 12.7. The number of alkyl carbamates (subject to hydrolysis) is 1. The maximum Gasteiger partial charge on any atom is 0.408 e. The number of thioether (sulfide) groups is 1. The quantitative estimate of drug-likeness (QED) is 0.300. The fourth-order valence-electron chi connectivity index (χ4n) is 3.64. The van der Waals surface area contributed by atoms with E-state index in [4.69, 9.17) is 9.47 Å². The minimum atomic E-state index is -1.10. The Balaban J connectivity index is 3.37. The Morgan fingerprint density at radius 2 is 1.82 bits per heavy atom. The van der Waals surface area contributed by atoms with Crippen LogP contribution in [0.15, 0.2) is 18.2 Å². The van der Waals surface area contributed by atoms with Crippen molar-refractivity contribution in [2.24, 2.45) is 0 Å². The summed E-state index contributed by atoms with van der Waals surface area (Å²) < 4.78 is 10.3. The van der Waals surface area contributed by atoms with E-state index in [-0.39, 0.29) is 26.1 Å². The van der Waals surface area contributed by atoms with Gasteiger partial charge in [-0.3, -0.25) is 14.4 Å². The third kappa shape index (κ3) is 11.3. The number of aryl methyl sites for hydroxylation is 2. The molecule has 0 radical (unpaired) electrons. The lowest BCUT2D eigenvalue weighted by atomic mass is 9.98. The van der Waals surface area contributed by atoms with Gasteiger partial charge in [0.05, 0.1) is 19.6 Å². The first-order chi connectivity index (χ1) is 17.8. The monoisotopic (exact) mass is 553 g/mol. The molecule has 2 atom stereocenters. The molecule has 0 heterocycles. The number of nitrogens with one attached hydrogen (secondary N) is 2. The van der Waals surface area contributed by atoms with Crippen molar-refractivity contribution in [1.82, 2.24) is 15.5 Å². The Bertz CT molecular complexity index is 949. The number of benzene rings is 1. The summed E-state index contributed by atoms with van der Waals surface area (Å²) in [7, 11) is 0. The van der Waals surface area contributed by atoms with E-state index in [1.807, 2.05) is 32.2 Å². The number of carbonyl (C=O) groups is 4. The molecule has 1 aromatic rings. The van der Waals surface area contributed by atoms with Gasteiger partial charge in [0.15, 0.2) is 0 Å². The molecule has 1 aromatic carbocycles. The summed E-state index contributed by atoms with van der Waals surface area (Å²) >= 11 is 1.51. The minimum Gasteiger partial charge on any atom is -0.466 e. The molecule has 11 heteroatoms. The molecule has 2 unspecified atom stereocenters. The van der Waals surface area contributed by atoms with E-state index < -0.39 is 48.2 Å². The minimum absolute atomic E-state index is 0.0201. The zero-order valence-corrected chi connectivity index (χ0v) is 24.4. The Kier molecular flexibility index (Phi) is 14.2. The van der Waals surface area contributed by atoms with Crippen LogP contribution >= 0.6 is 11.8 Å². The largest absolute Gasteiger partial charge is 0.466 e. The standard InChI is InChI=1S/C27H43N3O7S/c1-8-36-22(32)11-13-28-24(33)23(20-10-9-18(2)19(3)17-20)30(14-15-31)25(34)21(12-16-38-7)29-26(35)37-27(4,5)6/h9-10,17,21,23,31H,8,11-16H2,1-7H3,(H,28,33)(H,29,35). The van der Waals surface area contributed by atoms with Crippen molar-refractivity contribution in [2.75, 3.05) is 38.3 Å². The highest BCUT2D eigenvalue weighted by Crippen LogP contribution is 2.25. The van der Waals surface area contributed by atoms with Gasteiger partial charge in [-0.05, 0) is 76.7 Å². The van der Waals surface area contributed by atoms with Gasteiger partial charge in [-0.2, -0.15) is 11.8 Å². The number of ether oxygens (including phenoxy) is 2. The van der Waals surface area contributed by atoms with Gasteiger partial charge in [0.25, 0.3) is 0 Å². The lowest BCUT2D eigenvalue weighted by molar-refractivity contribution is -0.144. The summed E-state index contributed by atoms with van der Waals surface area (Å²) in [5, 5.41) is 15.2. The normalized spacial score (nSPS) is 12.7. The molecule has 0 aliphatic heterocycles. The predicted molar refractivity (Wildman–Crippen MR) is 148 cm³/mol. The van der Waals surface area contributed by atoms with Crippen LogP contribution < -0.4 is 10.6 Å². The molecular weight excluding hydrogens is 510 g/mol. The number of aliphatic hydroxyl groups is 1. The number of hydrogen-bond donors (Lipinski definition) is 3. The summed E-state index contributed by atoms with van der Waals surface area (Å²) in [6.45, 7) is 10.4. The molecule has 0 aromatic heterocycles. The molecule has 0 saturated carbocycles. The number of aliphatic hydroxyl groups excluding tert-OH is 1. The molecule has 3 amide bonds. The molecule has 0 spiro atoms. The number of esters is 1. The topological polar surface area (TPSA) is 134 Å². The van der Waals surface area contributed by atoms with Gasteiger partial charge in [-0.25, -0.2) is 4.79 Å². The van der Waals surface area contributed by atoms with Crippen molar-refractivity contribution in [2.45, 2.75) is 72.1 Å². The summed E-state index contributed by atoms with van der Waals surface area (Å²) in [6, 6.07) is 3.35. The van der Waals surface area contributed by atoms with Crippen LogP contribution in [0.1, 0.15) is 63.3 Å². The first kappa shape index (κ1) is 33.2. The van der Waals surface area contributed by atoms with Crippen LogP contribution in [0.4, 0.5) is 4.79 Å². The number of rotatable bonds is 14. The van der Waals surface area contributed by atoms with Crippen molar-refractivity contribution in [3.63, 3.8) is 0 Å². The molecule has 0 bridgehead atoms. The smallest absolute Gasteiger partial charge is 0.408 e. The lowest BCUT2D eigenvalue weighted by Gasteiger charge is -2.34. The van der Waals surface area contributed by atoms with Crippen LogP contribution in [0, 0.1) is 13.8 Å². The second-order valence-corrected chi connectivity index (χ2v) is 10.8. The average Bonchev–Trinajstić information content (AvgIpc) is 2.82. The van der Waals surface area contributed by atoms with Crippen LogP contribution in [-0.2, 0) is 23.9 Å². The Labute approximate surface area is 230 Å². The lowest BCUT2D eigenvalue weighted by Crippen LogP contribution is -2.54. The van der Waals surface area contributed by atoms with E-state index in [1.165, 1.54) is 16.7 Å². The third-order valence-electron chi connectivity index (χ3n) is 5.56. The second-order valence-electron chi connectivity index (χ2n) is 9.83. The van der Waals surface area contributed by atoms with Gasteiger partial charge >= 0.3 is 12.1 Å². The van der Waals surface area contributed by atoms with E-state index in [1.54, 1.807) is 33.8 Å². The summed E-state index contributed by atoms with van der Waals surface area (Å²) in [4.78, 5) is 52.9. The summed E-state index contributed by atoms with van der Waals surface area (Å²) in [5.74, 6) is -0.917. The third-order valence-corrected chi connectivity index (χ3v) is 6.21. The maximum absolute atomic E-state index is 13.9. The molecule has 0 aliphatic carbocycles. The van der Waals surface area contributed by atoms with Crippen LogP contribution in [0.2, 0.25) is 0 Å². The molecule has 1 rings (SSSR count). The van der Waals surface area contributed by atoms with Crippen LogP contribution in [-0.4, -0.2) is 83.8 Å². The molecule has 10 nitrogen and oxygen atoms in total.